The highest BCUT2D eigenvalue weighted by molar-refractivity contribution is 7.14. The van der Waals surface area contributed by atoms with Gasteiger partial charge in [0.1, 0.15) is 0 Å². The summed E-state index contributed by atoms with van der Waals surface area (Å²) in [6.45, 7) is 5.44. The van der Waals surface area contributed by atoms with E-state index in [-0.39, 0.29) is 18.8 Å². The van der Waals surface area contributed by atoms with Crippen LogP contribution in [0.3, 0.4) is 0 Å². The first kappa shape index (κ1) is 21.9. The maximum absolute atomic E-state index is 11.1. The molecule has 0 fully saturated rings. The number of anilines is 1. The van der Waals surface area contributed by atoms with Crippen molar-refractivity contribution in [1.82, 2.24) is 4.98 Å². The summed E-state index contributed by atoms with van der Waals surface area (Å²) in [7, 11) is 0. The van der Waals surface area contributed by atoms with Crippen LogP contribution in [0.1, 0.15) is 37.3 Å². The van der Waals surface area contributed by atoms with Crippen molar-refractivity contribution in [3.8, 4) is 11.3 Å². The van der Waals surface area contributed by atoms with Crippen LogP contribution in [0.25, 0.3) is 11.3 Å². The minimum absolute atomic E-state index is 0. The van der Waals surface area contributed by atoms with E-state index in [2.05, 4.69) is 38.1 Å². The average Bonchev–Trinajstić information content (AvgIpc) is 3.16. The fraction of sp³-hybridized carbons (Fsp3) is 0.273. The van der Waals surface area contributed by atoms with Gasteiger partial charge < -0.3 is 10.0 Å². The Hall–Kier alpha value is -2.37. The second-order valence-electron chi connectivity index (χ2n) is 6.84. The molecule has 0 bridgehead atoms. The van der Waals surface area contributed by atoms with Gasteiger partial charge in [-0.1, -0.05) is 68.4 Å². The summed E-state index contributed by atoms with van der Waals surface area (Å²) in [4.78, 5) is 17.9. The molecule has 0 saturated carbocycles. The number of nitrogens with zero attached hydrogens (tertiary/aromatic N) is 2. The second-order valence-corrected chi connectivity index (χ2v) is 7.68. The number of halogens is 1. The van der Waals surface area contributed by atoms with Crippen molar-refractivity contribution in [3.63, 3.8) is 0 Å². The molecule has 0 aliphatic heterocycles. The lowest BCUT2D eigenvalue weighted by Crippen LogP contribution is -2.25. The van der Waals surface area contributed by atoms with E-state index in [1.807, 2.05) is 40.6 Å². The summed E-state index contributed by atoms with van der Waals surface area (Å²) in [5, 5.41) is 12.0. The normalized spacial score (nSPS) is 10.5. The quantitative estimate of drug-likeness (QED) is 0.501. The Kier molecular flexibility index (Phi) is 8.03. The van der Waals surface area contributed by atoms with Gasteiger partial charge in [-0.2, -0.15) is 0 Å². The maximum atomic E-state index is 11.1. The zero-order valence-electron chi connectivity index (χ0n) is 16.0. The summed E-state index contributed by atoms with van der Waals surface area (Å²) in [5.41, 5.74) is 4.46. The summed E-state index contributed by atoms with van der Waals surface area (Å²) in [5.74, 6) is -0.295. The third-order valence-electron chi connectivity index (χ3n) is 4.45. The monoisotopic (exact) mass is 416 g/mol. The molecule has 0 atom stereocenters. The van der Waals surface area contributed by atoms with Gasteiger partial charge in [-0.05, 0) is 17.0 Å². The molecule has 2 aromatic carbocycles. The number of hydrogen-bond acceptors (Lipinski definition) is 4. The van der Waals surface area contributed by atoms with Gasteiger partial charge in [0, 0.05) is 24.0 Å². The van der Waals surface area contributed by atoms with Crippen molar-refractivity contribution in [3.05, 3.63) is 71.1 Å². The Bertz CT molecular complexity index is 879. The van der Waals surface area contributed by atoms with Gasteiger partial charge in [-0.25, -0.2) is 4.98 Å². The predicted octanol–water partition coefficient (Wildman–Crippen LogP) is 5.84. The highest BCUT2D eigenvalue weighted by Crippen LogP contribution is 2.29. The molecular weight excluding hydrogens is 392 g/mol. The van der Waals surface area contributed by atoms with Gasteiger partial charge >= 0.3 is 5.97 Å². The third-order valence-corrected chi connectivity index (χ3v) is 5.35. The number of carboxylic acid groups (broad SMARTS) is 1. The smallest absolute Gasteiger partial charge is 0.305 e. The summed E-state index contributed by atoms with van der Waals surface area (Å²) < 4.78 is 0. The van der Waals surface area contributed by atoms with Gasteiger partial charge in [0.15, 0.2) is 5.13 Å². The molecule has 0 saturated heterocycles. The lowest BCUT2D eigenvalue weighted by atomic mass is 10.0. The molecule has 0 aliphatic carbocycles. The minimum Gasteiger partial charge on any atom is -0.481 e. The first-order valence-corrected chi connectivity index (χ1v) is 9.97. The van der Waals surface area contributed by atoms with E-state index < -0.39 is 5.97 Å². The van der Waals surface area contributed by atoms with Crippen LogP contribution in [-0.4, -0.2) is 22.6 Å². The first-order valence-electron chi connectivity index (χ1n) is 9.09. The van der Waals surface area contributed by atoms with Crippen LogP contribution >= 0.6 is 23.7 Å². The van der Waals surface area contributed by atoms with E-state index in [4.69, 9.17) is 10.1 Å². The maximum Gasteiger partial charge on any atom is 0.305 e. The first-order chi connectivity index (χ1) is 13.0. The molecule has 1 heterocycles. The third kappa shape index (κ3) is 5.81. The van der Waals surface area contributed by atoms with Crippen LogP contribution in [0.5, 0.6) is 0 Å². The number of hydrogen-bond donors (Lipinski definition) is 1. The highest BCUT2D eigenvalue weighted by atomic mass is 35.5. The molecule has 1 N–H and O–H groups in total. The molecule has 6 heteroatoms. The van der Waals surface area contributed by atoms with Crippen LogP contribution in [0, 0.1) is 0 Å². The van der Waals surface area contributed by atoms with E-state index in [1.165, 1.54) is 5.56 Å². The molecule has 0 unspecified atom stereocenters. The second kappa shape index (κ2) is 10.2. The molecule has 0 radical (unpaired) electrons. The molecule has 0 spiro atoms. The molecular formula is C22H25ClN2O2S. The van der Waals surface area contributed by atoms with Crippen LogP contribution in [0.2, 0.25) is 0 Å². The van der Waals surface area contributed by atoms with E-state index in [0.29, 0.717) is 19.0 Å². The summed E-state index contributed by atoms with van der Waals surface area (Å²) >= 11 is 1.56. The van der Waals surface area contributed by atoms with E-state index in [1.54, 1.807) is 11.3 Å². The largest absolute Gasteiger partial charge is 0.481 e. The number of thiazole rings is 1. The molecule has 4 nitrogen and oxygen atoms in total. The number of carboxylic acids is 1. The van der Waals surface area contributed by atoms with E-state index >= 15 is 0 Å². The lowest BCUT2D eigenvalue weighted by Gasteiger charge is -2.21. The van der Waals surface area contributed by atoms with Crippen molar-refractivity contribution < 1.29 is 9.90 Å². The van der Waals surface area contributed by atoms with Crippen molar-refractivity contribution in [2.24, 2.45) is 0 Å². The molecule has 3 rings (SSSR count). The number of carbonyl (C=O) groups is 1. The van der Waals surface area contributed by atoms with Gasteiger partial charge in [0.05, 0.1) is 12.1 Å². The van der Waals surface area contributed by atoms with Crippen LogP contribution in [0.4, 0.5) is 5.13 Å². The van der Waals surface area contributed by atoms with Crippen molar-refractivity contribution in [1.29, 1.82) is 0 Å². The Morgan fingerprint density at radius 2 is 1.79 bits per heavy atom. The molecule has 28 heavy (non-hydrogen) atoms. The Balaban J connectivity index is 0.00000280. The van der Waals surface area contributed by atoms with Crippen molar-refractivity contribution >= 4 is 34.8 Å². The SMILES string of the molecule is CC(C)c1ccc(-c2csc(N(CCC(=O)O)Cc3ccccc3)n2)cc1.Cl. The minimum atomic E-state index is -0.797. The average molecular weight is 417 g/mol. The van der Waals surface area contributed by atoms with Crippen LogP contribution in [-0.2, 0) is 11.3 Å². The predicted molar refractivity (Wildman–Crippen MR) is 119 cm³/mol. The van der Waals surface area contributed by atoms with Gasteiger partial charge in [0.25, 0.3) is 0 Å². The van der Waals surface area contributed by atoms with Crippen LogP contribution in [0.15, 0.2) is 60.0 Å². The zero-order chi connectivity index (χ0) is 19.2. The standard InChI is InChI=1S/C22H24N2O2S.ClH/c1-16(2)18-8-10-19(11-9-18)20-15-27-22(23-20)24(13-12-21(25)26)14-17-6-4-3-5-7-17;/h3-11,15-16H,12-14H2,1-2H3,(H,25,26);1H. The zero-order valence-corrected chi connectivity index (χ0v) is 17.7. The van der Waals surface area contributed by atoms with Crippen molar-refractivity contribution in [2.75, 3.05) is 11.4 Å². The molecule has 1 aromatic heterocycles. The Morgan fingerprint density at radius 3 is 2.39 bits per heavy atom. The number of benzene rings is 2. The molecule has 3 aromatic rings. The van der Waals surface area contributed by atoms with Gasteiger partial charge in [-0.15, -0.1) is 23.7 Å². The number of rotatable bonds is 8. The van der Waals surface area contributed by atoms with Gasteiger partial charge in [-0.3, -0.25) is 4.79 Å². The number of aliphatic carboxylic acids is 1. The topological polar surface area (TPSA) is 53.4 Å². The Labute approximate surface area is 176 Å². The summed E-state index contributed by atoms with van der Waals surface area (Å²) in [6.07, 6.45) is 0.0881. The van der Waals surface area contributed by atoms with Crippen molar-refractivity contribution in [2.45, 2.75) is 32.7 Å². The fourth-order valence-electron chi connectivity index (χ4n) is 2.86. The Morgan fingerprint density at radius 1 is 1.11 bits per heavy atom. The molecule has 148 valence electrons. The lowest BCUT2D eigenvalue weighted by molar-refractivity contribution is -0.136. The molecule has 0 amide bonds. The number of aromatic nitrogens is 1. The molecule has 0 aliphatic rings. The van der Waals surface area contributed by atoms with Crippen LogP contribution < -0.4 is 4.90 Å². The van der Waals surface area contributed by atoms with E-state index in [0.717, 1.165) is 22.0 Å². The van der Waals surface area contributed by atoms with E-state index in [9.17, 15) is 4.79 Å². The highest BCUT2D eigenvalue weighted by Gasteiger charge is 2.14. The summed E-state index contributed by atoms with van der Waals surface area (Å²) in [6, 6.07) is 18.6. The fourth-order valence-corrected chi connectivity index (χ4v) is 3.72. The van der Waals surface area contributed by atoms with Gasteiger partial charge in [0.2, 0.25) is 0 Å².